The first-order valence-electron chi connectivity index (χ1n) is 5.23. The fourth-order valence-corrected chi connectivity index (χ4v) is 1.85. The molecule has 0 bridgehead atoms. The van der Waals surface area contributed by atoms with Crippen LogP contribution in [0, 0.1) is 5.92 Å². The molecule has 6 heteroatoms. The Morgan fingerprint density at radius 3 is 3.12 bits per heavy atom. The van der Waals surface area contributed by atoms with Gasteiger partial charge in [0, 0.05) is 19.7 Å². The van der Waals surface area contributed by atoms with Crippen LogP contribution in [0.4, 0.5) is 5.69 Å². The van der Waals surface area contributed by atoms with Crippen molar-refractivity contribution < 1.29 is 4.79 Å². The Morgan fingerprint density at radius 2 is 2.56 bits per heavy atom. The number of aryl methyl sites for hydroxylation is 1. The van der Waals surface area contributed by atoms with Crippen molar-refractivity contribution in [2.75, 3.05) is 18.4 Å². The Kier molecular flexibility index (Phi) is 4.76. The molecule has 1 aromatic rings. The Balaban J connectivity index is 0.00000128. The molecule has 1 aromatic heterocycles. The molecule has 1 unspecified atom stereocenters. The first-order chi connectivity index (χ1) is 7.24. The van der Waals surface area contributed by atoms with Crippen molar-refractivity contribution >= 4 is 24.0 Å². The maximum atomic E-state index is 11.6. The second-order valence-corrected chi connectivity index (χ2v) is 4.01. The largest absolute Gasteiger partial charge is 0.323 e. The van der Waals surface area contributed by atoms with Crippen LogP contribution in [0.2, 0.25) is 0 Å². The number of aromatic nitrogens is 2. The Labute approximate surface area is 101 Å². The van der Waals surface area contributed by atoms with Crippen LogP contribution >= 0.6 is 12.4 Å². The van der Waals surface area contributed by atoms with Gasteiger partial charge in [0.25, 0.3) is 0 Å². The van der Waals surface area contributed by atoms with Gasteiger partial charge < -0.3 is 10.6 Å². The lowest BCUT2D eigenvalue weighted by Crippen LogP contribution is -2.18. The number of hydrogen-bond donors (Lipinski definition) is 2. The fraction of sp³-hybridized carbons (Fsp3) is 0.600. The Hall–Kier alpha value is -1.07. The molecule has 0 radical (unpaired) electrons. The zero-order chi connectivity index (χ0) is 10.7. The van der Waals surface area contributed by atoms with Gasteiger partial charge in [0.1, 0.15) is 0 Å². The minimum atomic E-state index is 0. The summed E-state index contributed by atoms with van der Waals surface area (Å²) in [6.07, 6.45) is 5.15. The van der Waals surface area contributed by atoms with Crippen LogP contribution in [-0.4, -0.2) is 28.8 Å². The van der Waals surface area contributed by atoms with Crippen LogP contribution in [0.15, 0.2) is 12.4 Å². The van der Waals surface area contributed by atoms with E-state index in [2.05, 4.69) is 15.7 Å². The van der Waals surface area contributed by atoms with Crippen molar-refractivity contribution in [2.45, 2.75) is 12.8 Å². The quantitative estimate of drug-likeness (QED) is 0.826. The predicted octanol–water partition coefficient (Wildman–Crippen LogP) is 0.780. The number of nitrogens with zero attached hydrogens (tertiary/aromatic N) is 2. The minimum Gasteiger partial charge on any atom is -0.323 e. The van der Waals surface area contributed by atoms with E-state index in [1.54, 1.807) is 17.1 Å². The van der Waals surface area contributed by atoms with Gasteiger partial charge in [-0.15, -0.1) is 12.4 Å². The van der Waals surface area contributed by atoms with E-state index in [1.807, 2.05) is 7.05 Å². The Morgan fingerprint density at radius 1 is 1.75 bits per heavy atom. The summed E-state index contributed by atoms with van der Waals surface area (Å²) in [6, 6.07) is 0. The third-order valence-electron chi connectivity index (χ3n) is 2.63. The van der Waals surface area contributed by atoms with E-state index in [9.17, 15) is 4.79 Å². The summed E-state index contributed by atoms with van der Waals surface area (Å²) in [6.45, 7) is 1.99. The third-order valence-corrected chi connectivity index (χ3v) is 2.63. The molecular formula is C10H17ClN4O. The van der Waals surface area contributed by atoms with Gasteiger partial charge in [-0.05, 0) is 25.4 Å². The van der Waals surface area contributed by atoms with Gasteiger partial charge in [0.05, 0.1) is 11.9 Å². The highest BCUT2D eigenvalue weighted by Crippen LogP contribution is 2.13. The van der Waals surface area contributed by atoms with Crippen molar-refractivity contribution in [1.29, 1.82) is 0 Å². The number of rotatable bonds is 3. The smallest absolute Gasteiger partial charge is 0.224 e. The molecule has 0 saturated carbocycles. The van der Waals surface area contributed by atoms with E-state index in [0.29, 0.717) is 12.3 Å². The molecule has 1 saturated heterocycles. The summed E-state index contributed by atoms with van der Waals surface area (Å²) in [5.41, 5.74) is 0.772. The SMILES string of the molecule is Cl.Cn1cc(NC(=O)CC2CCNC2)cn1. The molecule has 1 aliphatic heterocycles. The molecule has 2 rings (SSSR count). The zero-order valence-corrected chi connectivity index (χ0v) is 10.1. The number of carbonyl (C=O) groups excluding carboxylic acids is 1. The highest BCUT2D eigenvalue weighted by atomic mass is 35.5. The average molecular weight is 245 g/mol. The van der Waals surface area contributed by atoms with Crippen LogP contribution in [0.3, 0.4) is 0 Å². The summed E-state index contributed by atoms with van der Waals surface area (Å²) in [7, 11) is 1.83. The molecule has 90 valence electrons. The molecule has 1 aliphatic rings. The highest BCUT2D eigenvalue weighted by molar-refractivity contribution is 5.90. The third kappa shape index (κ3) is 3.50. The van der Waals surface area contributed by atoms with Crippen LogP contribution in [0.1, 0.15) is 12.8 Å². The molecule has 1 amide bonds. The first kappa shape index (κ1) is 13.0. The number of nitrogens with one attached hydrogen (secondary N) is 2. The van der Waals surface area contributed by atoms with Crippen molar-refractivity contribution in [1.82, 2.24) is 15.1 Å². The van der Waals surface area contributed by atoms with Crippen LogP contribution in [-0.2, 0) is 11.8 Å². The molecule has 1 atom stereocenters. The summed E-state index contributed by atoms with van der Waals surface area (Å²) in [5.74, 6) is 0.568. The van der Waals surface area contributed by atoms with Gasteiger partial charge in [-0.25, -0.2) is 0 Å². The average Bonchev–Trinajstić information content (AvgIpc) is 2.77. The second-order valence-electron chi connectivity index (χ2n) is 4.01. The molecule has 5 nitrogen and oxygen atoms in total. The van der Waals surface area contributed by atoms with E-state index in [1.165, 1.54) is 0 Å². The topological polar surface area (TPSA) is 59.0 Å². The summed E-state index contributed by atoms with van der Waals surface area (Å²) in [4.78, 5) is 11.6. The van der Waals surface area contributed by atoms with Crippen molar-refractivity contribution in [3.8, 4) is 0 Å². The van der Waals surface area contributed by atoms with Gasteiger partial charge in [-0.3, -0.25) is 9.48 Å². The maximum absolute atomic E-state index is 11.6. The molecule has 16 heavy (non-hydrogen) atoms. The van der Waals surface area contributed by atoms with Crippen molar-refractivity contribution in [2.24, 2.45) is 13.0 Å². The lowest BCUT2D eigenvalue weighted by atomic mass is 10.0. The van der Waals surface area contributed by atoms with Gasteiger partial charge in [-0.1, -0.05) is 0 Å². The molecule has 2 N–H and O–H groups in total. The Bertz CT molecular complexity index is 346. The molecule has 2 heterocycles. The first-order valence-corrected chi connectivity index (χ1v) is 5.23. The number of anilines is 1. The van der Waals surface area contributed by atoms with E-state index >= 15 is 0 Å². The molecule has 0 spiro atoms. The zero-order valence-electron chi connectivity index (χ0n) is 9.27. The highest BCUT2D eigenvalue weighted by Gasteiger charge is 2.18. The van der Waals surface area contributed by atoms with Gasteiger partial charge in [0.2, 0.25) is 5.91 Å². The van der Waals surface area contributed by atoms with E-state index in [4.69, 9.17) is 0 Å². The molecule has 0 aliphatic carbocycles. The number of hydrogen-bond acceptors (Lipinski definition) is 3. The van der Waals surface area contributed by atoms with Crippen molar-refractivity contribution in [3.63, 3.8) is 0 Å². The standard InChI is InChI=1S/C10H16N4O.ClH/c1-14-7-9(6-12-14)13-10(15)4-8-2-3-11-5-8;/h6-8,11H,2-5H2,1H3,(H,13,15);1H. The fourth-order valence-electron chi connectivity index (χ4n) is 1.85. The van der Waals surface area contributed by atoms with Crippen LogP contribution in [0.25, 0.3) is 0 Å². The lowest BCUT2D eigenvalue weighted by molar-refractivity contribution is -0.116. The summed E-state index contributed by atoms with van der Waals surface area (Å²) >= 11 is 0. The van der Waals surface area contributed by atoms with Gasteiger partial charge >= 0.3 is 0 Å². The molecule has 0 aromatic carbocycles. The normalized spacial score (nSPS) is 19.2. The van der Waals surface area contributed by atoms with E-state index in [0.717, 1.165) is 25.2 Å². The summed E-state index contributed by atoms with van der Waals surface area (Å²) < 4.78 is 1.67. The molecule has 1 fully saturated rings. The van der Waals surface area contributed by atoms with Gasteiger partial charge in [0.15, 0.2) is 0 Å². The maximum Gasteiger partial charge on any atom is 0.224 e. The second kappa shape index (κ2) is 5.86. The lowest BCUT2D eigenvalue weighted by Gasteiger charge is -2.07. The number of amides is 1. The predicted molar refractivity (Wildman–Crippen MR) is 64.7 cm³/mol. The van der Waals surface area contributed by atoms with E-state index < -0.39 is 0 Å². The number of carbonyl (C=O) groups is 1. The van der Waals surface area contributed by atoms with E-state index in [-0.39, 0.29) is 18.3 Å². The monoisotopic (exact) mass is 244 g/mol. The minimum absolute atomic E-state index is 0. The molecular weight excluding hydrogens is 228 g/mol. The van der Waals surface area contributed by atoms with Crippen LogP contribution < -0.4 is 10.6 Å². The summed E-state index contributed by atoms with van der Waals surface area (Å²) in [5, 5.41) is 10.1. The van der Waals surface area contributed by atoms with Crippen LogP contribution in [0.5, 0.6) is 0 Å². The number of halogens is 1. The van der Waals surface area contributed by atoms with Gasteiger partial charge in [-0.2, -0.15) is 5.10 Å². The van der Waals surface area contributed by atoms with Crippen molar-refractivity contribution in [3.05, 3.63) is 12.4 Å².